The fraction of sp³-hybridized carbons (Fsp3) is 0.556. The molecule has 0 aromatic heterocycles. The average Bonchev–Trinajstić information content (AvgIpc) is 3.05. The van der Waals surface area contributed by atoms with Crippen molar-refractivity contribution in [2.45, 2.75) is 18.9 Å². The first-order valence-electron chi connectivity index (χ1n) is 8.76. The number of benzene rings is 1. The predicted octanol–water partition coefficient (Wildman–Crippen LogP) is 1.31. The van der Waals surface area contributed by atoms with Gasteiger partial charge in [-0.05, 0) is 37.1 Å². The molecule has 1 aromatic carbocycles. The summed E-state index contributed by atoms with van der Waals surface area (Å²) in [6.07, 6.45) is 1.18. The number of halogens is 2. The standard InChI is InChI=1S/C18H24ClN3O3.ClH/c19-15-5-3-12(4-6-15)18(25)22-7-1-2-13(11-22)17(24)21-9-14-8-20-10-16(14)23;/h3-6,13-14,16,20,23H,1-2,7-11H2,(H,21,24);1H. The first-order valence-corrected chi connectivity index (χ1v) is 9.13. The van der Waals surface area contributed by atoms with Crippen molar-refractivity contribution in [3.63, 3.8) is 0 Å². The molecule has 2 aliphatic heterocycles. The van der Waals surface area contributed by atoms with Gasteiger partial charge in [-0.25, -0.2) is 0 Å². The molecule has 0 aliphatic carbocycles. The van der Waals surface area contributed by atoms with Crippen LogP contribution in [0.25, 0.3) is 0 Å². The van der Waals surface area contributed by atoms with Gasteiger partial charge in [0.1, 0.15) is 0 Å². The van der Waals surface area contributed by atoms with E-state index in [9.17, 15) is 14.7 Å². The zero-order valence-electron chi connectivity index (χ0n) is 14.5. The number of carbonyl (C=O) groups excluding carboxylic acids is 2. The van der Waals surface area contributed by atoms with Crippen LogP contribution in [0.2, 0.25) is 5.02 Å². The van der Waals surface area contributed by atoms with Crippen molar-refractivity contribution in [3.05, 3.63) is 34.9 Å². The summed E-state index contributed by atoms with van der Waals surface area (Å²) >= 11 is 5.87. The van der Waals surface area contributed by atoms with E-state index in [1.165, 1.54) is 0 Å². The second kappa shape index (κ2) is 9.55. The molecular weight excluding hydrogens is 377 g/mol. The lowest BCUT2D eigenvalue weighted by atomic mass is 9.96. The van der Waals surface area contributed by atoms with Gasteiger partial charge in [-0.3, -0.25) is 9.59 Å². The molecule has 26 heavy (non-hydrogen) atoms. The average molecular weight is 402 g/mol. The van der Waals surface area contributed by atoms with E-state index in [0.29, 0.717) is 43.3 Å². The third kappa shape index (κ3) is 5.10. The number of nitrogens with one attached hydrogen (secondary N) is 2. The molecule has 0 spiro atoms. The number of aliphatic hydroxyl groups excluding tert-OH is 1. The molecule has 2 aliphatic rings. The van der Waals surface area contributed by atoms with Crippen LogP contribution in [0.1, 0.15) is 23.2 Å². The highest BCUT2D eigenvalue weighted by molar-refractivity contribution is 6.30. The second-order valence-corrected chi connectivity index (χ2v) is 7.26. The number of carbonyl (C=O) groups is 2. The number of likely N-dealkylation sites (tertiary alicyclic amines) is 1. The largest absolute Gasteiger partial charge is 0.391 e. The van der Waals surface area contributed by atoms with E-state index in [2.05, 4.69) is 10.6 Å². The summed E-state index contributed by atoms with van der Waals surface area (Å²) in [6.45, 7) is 2.85. The Morgan fingerprint density at radius 3 is 2.65 bits per heavy atom. The van der Waals surface area contributed by atoms with Crippen LogP contribution in [0, 0.1) is 11.8 Å². The maximum atomic E-state index is 12.6. The van der Waals surface area contributed by atoms with E-state index in [1.54, 1.807) is 29.2 Å². The quantitative estimate of drug-likeness (QED) is 0.710. The first-order chi connectivity index (χ1) is 12.0. The van der Waals surface area contributed by atoms with Crippen molar-refractivity contribution in [1.29, 1.82) is 0 Å². The number of hydrogen-bond donors (Lipinski definition) is 3. The zero-order chi connectivity index (χ0) is 17.8. The monoisotopic (exact) mass is 401 g/mol. The van der Waals surface area contributed by atoms with Crippen LogP contribution >= 0.6 is 24.0 Å². The molecule has 1 aromatic rings. The summed E-state index contributed by atoms with van der Waals surface area (Å²) in [5.41, 5.74) is 0.589. The van der Waals surface area contributed by atoms with E-state index >= 15 is 0 Å². The van der Waals surface area contributed by atoms with Crippen molar-refractivity contribution in [2.75, 3.05) is 32.7 Å². The molecule has 3 rings (SSSR count). The van der Waals surface area contributed by atoms with E-state index in [-0.39, 0.29) is 36.1 Å². The Bertz CT molecular complexity index is 627. The summed E-state index contributed by atoms with van der Waals surface area (Å²) < 4.78 is 0. The number of nitrogens with zero attached hydrogens (tertiary/aromatic N) is 1. The predicted molar refractivity (Wildman–Crippen MR) is 103 cm³/mol. The third-order valence-electron chi connectivity index (χ3n) is 5.01. The van der Waals surface area contributed by atoms with E-state index in [4.69, 9.17) is 11.6 Å². The van der Waals surface area contributed by atoms with Gasteiger partial charge in [0.05, 0.1) is 12.0 Å². The Balaban J connectivity index is 0.00000243. The molecule has 144 valence electrons. The smallest absolute Gasteiger partial charge is 0.253 e. The minimum absolute atomic E-state index is 0. The van der Waals surface area contributed by atoms with E-state index in [0.717, 1.165) is 12.8 Å². The SMILES string of the molecule is Cl.O=C(NCC1CNCC1O)C1CCCN(C(=O)c2ccc(Cl)cc2)C1. The summed E-state index contributed by atoms with van der Waals surface area (Å²) in [5, 5.41) is 16.4. The van der Waals surface area contributed by atoms with Gasteiger partial charge < -0.3 is 20.6 Å². The van der Waals surface area contributed by atoms with Crippen molar-refractivity contribution in [3.8, 4) is 0 Å². The third-order valence-corrected chi connectivity index (χ3v) is 5.27. The molecule has 3 N–H and O–H groups in total. The zero-order valence-corrected chi connectivity index (χ0v) is 16.1. The molecule has 3 unspecified atom stereocenters. The van der Waals surface area contributed by atoms with Gasteiger partial charge in [-0.1, -0.05) is 11.6 Å². The number of amides is 2. The minimum atomic E-state index is -0.408. The Hall–Kier alpha value is -1.34. The molecule has 8 heteroatoms. The fourth-order valence-corrected chi connectivity index (χ4v) is 3.58. The van der Waals surface area contributed by atoms with Crippen LogP contribution in [-0.4, -0.2) is 60.6 Å². The lowest BCUT2D eigenvalue weighted by Crippen LogP contribution is -2.46. The number of piperidine rings is 1. The normalized spacial score (nSPS) is 25.5. The molecular formula is C18H25Cl2N3O3. The Kier molecular flexibility index (Phi) is 7.70. The Labute approximate surface area is 164 Å². The van der Waals surface area contributed by atoms with Gasteiger partial charge in [0, 0.05) is 49.2 Å². The minimum Gasteiger partial charge on any atom is -0.391 e. The highest BCUT2D eigenvalue weighted by Gasteiger charge is 2.30. The van der Waals surface area contributed by atoms with E-state index in [1.807, 2.05) is 0 Å². The van der Waals surface area contributed by atoms with Gasteiger partial charge >= 0.3 is 0 Å². The van der Waals surface area contributed by atoms with Crippen LogP contribution < -0.4 is 10.6 Å². The van der Waals surface area contributed by atoms with Crippen LogP contribution in [0.15, 0.2) is 24.3 Å². The van der Waals surface area contributed by atoms with Crippen LogP contribution in [0.5, 0.6) is 0 Å². The maximum absolute atomic E-state index is 12.6. The lowest BCUT2D eigenvalue weighted by Gasteiger charge is -2.32. The molecule has 0 bridgehead atoms. The van der Waals surface area contributed by atoms with Crippen LogP contribution in [-0.2, 0) is 4.79 Å². The summed E-state index contributed by atoms with van der Waals surface area (Å²) in [7, 11) is 0. The van der Waals surface area contributed by atoms with Gasteiger partial charge in [0.15, 0.2) is 0 Å². The Morgan fingerprint density at radius 2 is 2.00 bits per heavy atom. The summed E-state index contributed by atoms with van der Waals surface area (Å²) in [6, 6.07) is 6.82. The first kappa shape index (κ1) is 21.0. The molecule has 2 amide bonds. The van der Waals surface area contributed by atoms with Gasteiger partial charge in [-0.15, -0.1) is 12.4 Å². The molecule has 2 saturated heterocycles. The number of β-amino-alcohol motifs (C(OH)–C–C–N with tert-alkyl or cyclic N) is 1. The van der Waals surface area contributed by atoms with Crippen molar-refractivity contribution >= 4 is 35.8 Å². The highest BCUT2D eigenvalue weighted by atomic mass is 35.5. The van der Waals surface area contributed by atoms with Gasteiger partial charge in [-0.2, -0.15) is 0 Å². The fourth-order valence-electron chi connectivity index (χ4n) is 3.45. The van der Waals surface area contributed by atoms with Crippen LogP contribution in [0.3, 0.4) is 0 Å². The molecule has 6 nitrogen and oxygen atoms in total. The number of hydrogen-bond acceptors (Lipinski definition) is 4. The second-order valence-electron chi connectivity index (χ2n) is 6.83. The highest BCUT2D eigenvalue weighted by Crippen LogP contribution is 2.20. The van der Waals surface area contributed by atoms with Gasteiger partial charge in [0.25, 0.3) is 5.91 Å². The van der Waals surface area contributed by atoms with Crippen molar-refractivity contribution in [1.82, 2.24) is 15.5 Å². The molecule has 0 saturated carbocycles. The maximum Gasteiger partial charge on any atom is 0.253 e. The molecule has 2 fully saturated rings. The number of aliphatic hydroxyl groups is 1. The topological polar surface area (TPSA) is 81.7 Å². The summed E-state index contributed by atoms with van der Waals surface area (Å²) in [4.78, 5) is 26.8. The summed E-state index contributed by atoms with van der Waals surface area (Å²) in [5.74, 6) is -0.242. The van der Waals surface area contributed by atoms with Crippen LogP contribution in [0.4, 0.5) is 0 Å². The lowest BCUT2D eigenvalue weighted by molar-refractivity contribution is -0.126. The van der Waals surface area contributed by atoms with E-state index < -0.39 is 6.10 Å². The van der Waals surface area contributed by atoms with Crippen molar-refractivity contribution < 1.29 is 14.7 Å². The Morgan fingerprint density at radius 1 is 1.27 bits per heavy atom. The van der Waals surface area contributed by atoms with Crippen molar-refractivity contribution in [2.24, 2.45) is 11.8 Å². The van der Waals surface area contributed by atoms with Gasteiger partial charge in [0.2, 0.25) is 5.91 Å². The molecule has 0 radical (unpaired) electrons. The molecule has 3 atom stereocenters. The molecule has 2 heterocycles. The number of rotatable bonds is 4.